The van der Waals surface area contributed by atoms with Gasteiger partial charge in [0.15, 0.2) is 0 Å². The van der Waals surface area contributed by atoms with Crippen molar-refractivity contribution in [1.82, 2.24) is 10.2 Å². The Balaban J connectivity index is 1.22. The number of hydrogen-bond donors (Lipinski definition) is 2. The molecular weight excluding hydrogens is 324 g/mol. The van der Waals surface area contributed by atoms with E-state index in [2.05, 4.69) is 47.5 Å². The Labute approximate surface area is 157 Å². The topological polar surface area (TPSA) is 52.6 Å². The van der Waals surface area contributed by atoms with Gasteiger partial charge in [-0.25, -0.2) is 0 Å². The van der Waals surface area contributed by atoms with Crippen molar-refractivity contribution in [2.75, 3.05) is 26.2 Å². The number of likely N-dealkylation sites (tertiary alicyclic amines) is 1. The molecule has 1 aromatic rings. The van der Waals surface area contributed by atoms with Gasteiger partial charge in [-0.3, -0.25) is 4.79 Å². The van der Waals surface area contributed by atoms with Gasteiger partial charge in [-0.15, -0.1) is 0 Å². The van der Waals surface area contributed by atoms with E-state index >= 15 is 0 Å². The molecule has 2 aliphatic carbocycles. The molecule has 3 fully saturated rings. The predicted octanol–water partition coefficient (Wildman–Crippen LogP) is 3.49. The summed E-state index contributed by atoms with van der Waals surface area (Å²) < 4.78 is 0. The number of nitrogens with zero attached hydrogens (tertiary/aromatic N) is 1. The van der Waals surface area contributed by atoms with E-state index in [1.165, 1.54) is 24.8 Å². The van der Waals surface area contributed by atoms with E-state index in [1.54, 1.807) is 0 Å². The normalized spacial score (nSPS) is 29.7. The van der Waals surface area contributed by atoms with Crippen molar-refractivity contribution in [2.45, 2.75) is 57.4 Å². The van der Waals surface area contributed by atoms with Crippen LogP contribution in [0.3, 0.4) is 0 Å². The third kappa shape index (κ3) is 3.67. The monoisotopic (exact) mass is 356 g/mol. The molecule has 1 unspecified atom stereocenters. The highest BCUT2D eigenvalue weighted by atomic mass is 16.4. The smallest absolute Gasteiger partial charge is 0.310 e. The third-order valence-corrected chi connectivity index (χ3v) is 7.16. The van der Waals surface area contributed by atoms with Crippen LogP contribution >= 0.6 is 0 Å². The van der Waals surface area contributed by atoms with Crippen LogP contribution in [0, 0.1) is 10.8 Å². The number of carboxylic acid groups (broad SMARTS) is 1. The summed E-state index contributed by atoms with van der Waals surface area (Å²) in [7, 11) is 0. The fourth-order valence-corrected chi connectivity index (χ4v) is 4.77. The largest absolute Gasteiger partial charge is 0.481 e. The van der Waals surface area contributed by atoms with Crippen LogP contribution < -0.4 is 5.32 Å². The van der Waals surface area contributed by atoms with E-state index in [-0.39, 0.29) is 0 Å². The Morgan fingerprint density at radius 2 is 1.88 bits per heavy atom. The number of hydrogen-bond acceptors (Lipinski definition) is 3. The van der Waals surface area contributed by atoms with Crippen molar-refractivity contribution in [3.8, 4) is 0 Å². The second kappa shape index (κ2) is 6.97. The van der Waals surface area contributed by atoms with E-state index in [9.17, 15) is 9.90 Å². The molecule has 4 rings (SSSR count). The van der Waals surface area contributed by atoms with E-state index in [0.29, 0.717) is 17.4 Å². The molecule has 1 aliphatic heterocycles. The van der Waals surface area contributed by atoms with Gasteiger partial charge in [0.05, 0.1) is 5.41 Å². The number of rotatable bonds is 7. The maximum atomic E-state index is 11.6. The van der Waals surface area contributed by atoms with Gasteiger partial charge in [0, 0.05) is 25.0 Å². The Bertz CT molecular complexity index is 633. The molecule has 0 spiro atoms. The summed E-state index contributed by atoms with van der Waals surface area (Å²) in [6, 6.07) is 11.5. The maximum absolute atomic E-state index is 11.6. The van der Waals surface area contributed by atoms with Gasteiger partial charge >= 0.3 is 5.97 Å². The standard InChI is InChI=1S/C22H32N2O2/c1-21(15-23-19-14-18(19)17-6-3-2-4-7-17)10-12-24(13-11-21)16-22(20(25)26)8-5-9-22/h2-4,6-7,18-19,23H,5,8-16H2,1H3,(H,25,26)/t18?,19-/m1/s1. The molecule has 2 saturated carbocycles. The van der Waals surface area contributed by atoms with Crippen molar-refractivity contribution in [1.29, 1.82) is 0 Å². The number of carboxylic acids is 1. The molecule has 142 valence electrons. The lowest BCUT2D eigenvalue weighted by molar-refractivity contribution is -0.156. The highest BCUT2D eigenvalue weighted by molar-refractivity contribution is 5.76. The molecule has 0 amide bonds. The minimum Gasteiger partial charge on any atom is -0.481 e. The van der Waals surface area contributed by atoms with Crippen LogP contribution in [0.5, 0.6) is 0 Å². The van der Waals surface area contributed by atoms with Crippen LogP contribution in [-0.4, -0.2) is 48.2 Å². The first-order valence-corrected chi connectivity index (χ1v) is 10.2. The van der Waals surface area contributed by atoms with Crippen molar-refractivity contribution >= 4 is 5.97 Å². The van der Waals surface area contributed by atoms with E-state index < -0.39 is 11.4 Å². The molecule has 1 heterocycles. The summed E-state index contributed by atoms with van der Waals surface area (Å²) >= 11 is 0. The van der Waals surface area contributed by atoms with Crippen molar-refractivity contribution in [3.63, 3.8) is 0 Å². The highest BCUT2D eigenvalue weighted by Crippen LogP contribution is 2.44. The average molecular weight is 357 g/mol. The molecule has 2 atom stereocenters. The molecule has 26 heavy (non-hydrogen) atoms. The lowest BCUT2D eigenvalue weighted by Crippen LogP contribution is -2.51. The van der Waals surface area contributed by atoms with Crippen LogP contribution in [0.4, 0.5) is 0 Å². The lowest BCUT2D eigenvalue weighted by atomic mass is 9.68. The molecule has 2 N–H and O–H groups in total. The second-order valence-corrected chi connectivity index (χ2v) is 9.27. The summed E-state index contributed by atoms with van der Waals surface area (Å²) in [5.41, 5.74) is 1.36. The number of benzene rings is 1. The van der Waals surface area contributed by atoms with Crippen molar-refractivity contribution < 1.29 is 9.90 Å². The number of piperidine rings is 1. The summed E-state index contributed by atoms with van der Waals surface area (Å²) in [6.45, 7) is 6.32. The minimum absolute atomic E-state index is 0.344. The zero-order valence-electron chi connectivity index (χ0n) is 15.9. The predicted molar refractivity (Wildman–Crippen MR) is 103 cm³/mol. The van der Waals surface area contributed by atoms with Crippen LogP contribution in [0.1, 0.15) is 56.9 Å². The second-order valence-electron chi connectivity index (χ2n) is 9.27. The first kappa shape index (κ1) is 18.0. The lowest BCUT2D eigenvalue weighted by Gasteiger charge is -2.45. The Morgan fingerprint density at radius 3 is 2.46 bits per heavy atom. The Morgan fingerprint density at radius 1 is 1.19 bits per heavy atom. The number of aliphatic carboxylic acids is 1. The number of carbonyl (C=O) groups is 1. The van der Waals surface area contributed by atoms with E-state index in [4.69, 9.17) is 0 Å². The molecular formula is C22H32N2O2. The number of nitrogens with one attached hydrogen (secondary N) is 1. The fourth-order valence-electron chi connectivity index (χ4n) is 4.77. The molecule has 0 aromatic heterocycles. The fraction of sp³-hybridized carbons (Fsp3) is 0.682. The van der Waals surface area contributed by atoms with Crippen LogP contribution in [-0.2, 0) is 4.79 Å². The third-order valence-electron chi connectivity index (χ3n) is 7.16. The van der Waals surface area contributed by atoms with E-state index in [1.807, 2.05) is 0 Å². The summed E-state index contributed by atoms with van der Waals surface area (Å²) in [6.07, 6.45) is 6.39. The molecule has 4 nitrogen and oxygen atoms in total. The van der Waals surface area contributed by atoms with Gasteiger partial charge in [-0.2, -0.15) is 0 Å². The van der Waals surface area contributed by atoms with Gasteiger partial charge in [-0.1, -0.05) is 43.7 Å². The first-order chi connectivity index (χ1) is 12.5. The van der Waals surface area contributed by atoms with Crippen molar-refractivity contribution in [3.05, 3.63) is 35.9 Å². The van der Waals surface area contributed by atoms with Gasteiger partial charge < -0.3 is 15.3 Å². The summed E-state index contributed by atoms with van der Waals surface area (Å²) in [5.74, 6) is 0.105. The Hall–Kier alpha value is -1.39. The minimum atomic E-state index is -0.584. The molecule has 0 bridgehead atoms. The van der Waals surface area contributed by atoms with Gasteiger partial charge in [-0.05, 0) is 56.2 Å². The first-order valence-electron chi connectivity index (χ1n) is 10.2. The van der Waals surface area contributed by atoms with E-state index in [0.717, 1.165) is 45.4 Å². The molecule has 0 radical (unpaired) electrons. The molecule has 1 aromatic carbocycles. The van der Waals surface area contributed by atoms with Crippen LogP contribution in [0.2, 0.25) is 0 Å². The van der Waals surface area contributed by atoms with Crippen LogP contribution in [0.25, 0.3) is 0 Å². The summed E-state index contributed by atoms with van der Waals surface area (Å²) in [5, 5.41) is 13.4. The van der Waals surface area contributed by atoms with Crippen LogP contribution in [0.15, 0.2) is 30.3 Å². The van der Waals surface area contributed by atoms with Gasteiger partial charge in [0.25, 0.3) is 0 Å². The van der Waals surface area contributed by atoms with Crippen molar-refractivity contribution in [2.24, 2.45) is 10.8 Å². The molecule has 4 heteroatoms. The highest BCUT2D eigenvalue weighted by Gasteiger charge is 2.46. The molecule has 1 saturated heterocycles. The zero-order chi connectivity index (χ0) is 18.2. The maximum Gasteiger partial charge on any atom is 0.310 e. The molecule has 3 aliphatic rings. The quantitative estimate of drug-likeness (QED) is 0.785. The van der Waals surface area contributed by atoms with Gasteiger partial charge in [0.1, 0.15) is 0 Å². The Kier molecular flexibility index (Phi) is 4.83. The zero-order valence-corrected chi connectivity index (χ0v) is 15.9. The van der Waals surface area contributed by atoms with Gasteiger partial charge in [0.2, 0.25) is 0 Å². The average Bonchev–Trinajstić information content (AvgIpc) is 3.39. The summed E-state index contributed by atoms with van der Waals surface area (Å²) in [4.78, 5) is 14.0. The SMILES string of the molecule is CC1(CN[C@@H]2CC2c2ccccc2)CCN(CC2(C(=O)O)CCC2)CC1.